The Labute approximate surface area is 129 Å². The third-order valence-electron chi connectivity index (χ3n) is 3.02. The smallest absolute Gasteiger partial charge is 0.241 e. The van der Waals surface area contributed by atoms with Crippen molar-refractivity contribution in [2.24, 2.45) is 0 Å². The highest BCUT2D eigenvalue weighted by Crippen LogP contribution is 2.25. The summed E-state index contributed by atoms with van der Waals surface area (Å²) in [7, 11) is -2.01. The number of aryl methyl sites for hydroxylation is 3. The number of aromatic nitrogens is 1. The molecule has 0 amide bonds. The molecule has 1 N–H and O–H groups in total. The fraction of sp³-hybridized carbons (Fsp3) is 0.357. The third kappa shape index (κ3) is 3.61. The summed E-state index contributed by atoms with van der Waals surface area (Å²) in [5, 5.41) is 0.750. The van der Waals surface area contributed by atoms with Crippen molar-refractivity contribution in [3.05, 3.63) is 39.3 Å². The van der Waals surface area contributed by atoms with E-state index in [-0.39, 0.29) is 6.54 Å². The maximum atomic E-state index is 12.5. The fourth-order valence-corrected chi connectivity index (χ4v) is 4.42. The summed E-state index contributed by atoms with van der Waals surface area (Å²) < 4.78 is 32.7. The molecule has 1 aromatic heterocycles. The lowest BCUT2D eigenvalue weighted by atomic mass is 10.1. The van der Waals surface area contributed by atoms with Gasteiger partial charge < -0.3 is 4.74 Å². The molecule has 0 unspecified atom stereocenters. The minimum atomic E-state index is -3.57. The topological polar surface area (TPSA) is 68.3 Å². The Morgan fingerprint density at radius 2 is 1.86 bits per heavy atom. The number of nitrogens with zero attached hydrogens (tertiary/aromatic N) is 1. The lowest BCUT2D eigenvalue weighted by Crippen LogP contribution is -2.24. The zero-order valence-electron chi connectivity index (χ0n) is 12.4. The number of sulfonamides is 1. The van der Waals surface area contributed by atoms with Crippen LogP contribution < -0.4 is 9.46 Å². The SMILES string of the molecule is COc1cc(C)c(S(=O)(=O)NCc2ncc(C)s2)c(C)c1. The number of thiazole rings is 1. The van der Waals surface area contributed by atoms with Gasteiger partial charge in [-0.25, -0.2) is 18.1 Å². The van der Waals surface area contributed by atoms with Gasteiger partial charge in [0.1, 0.15) is 10.8 Å². The van der Waals surface area contributed by atoms with E-state index in [1.165, 1.54) is 11.3 Å². The van der Waals surface area contributed by atoms with Gasteiger partial charge in [-0.2, -0.15) is 0 Å². The standard InChI is InChI=1S/C14H18N2O3S2/c1-9-5-12(19-4)6-10(2)14(9)21(17,18)16-8-13-15-7-11(3)20-13/h5-7,16H,8H2,1-4H3. The Kier molecular flexibility index (Phi) is 4.65. The summed E-state index contributed by atoms with van der Waals surface area (Å²) in [6.45, 7) is 5.66. The Bertz CT molecular complexity index is 728. The van der Waals surface area contributed by atoms with E-state index in [2.05, 4.69) is 9.71 Å². The first-order valence-electron chi connectivity index (χ1n) is 6.39. The number of hydrogen-bond donors (Lipinski definition) is 1. The lowest BCUT2D eigenvalue weighted by molar-refractivity contribution is 0.413. The molecule has 0 saturated heterocycles. The van der Waals surface area contributed by atoms with Gasteiger partial charge >= 0.3 is 0 Å². The summed E-state index contributed by atoms with van der Waals surface area (Å²) in [5.74, 6) is 0.652. The van der Waals surface area contributed by atoms with E-state index in [0.717, 1.165) is 9.88 Å². The first-order chi connectivity index (χ1) is 9.83. The second kappa shape index (κ2) is 6.13. The Hall–Kier alpha value is -1.44. The maximum absolute atomic E-state index is 12.5. The van der Waals surface area contributed by atoms with Crippen LogP contribution in [0.5, 0.6) is 5.75 Å². The maximum Gasteiger partial charge on any atom is 0.241 e. The highest BCUT2D eigenvalue weighted by atomic mass is 32.2. The van der Waals surface area contributed by atoms with Crippen LogP contribution in [0.1, 0.15) is 21.0 Å². The molecular formula is C14H18N2O3S2. The summed E-state index contributed by atoms with van der Waals surface area (Å²) in [5.41, 5.74) is 1.32. The van der Waals surface area contributed by atoms with Gasteiger partial charge in [0.2, 0.25) is 10.0 Å². The van der Waals surface area contributed by atoms with Gasteiger partial charge in [0.05, 0.1) is 18.6 Å². The molecule has 0 bridgehead atoms. The number of rotatable bonds is 5. The van der Waals surface area contributed by atoms with Crippen molar-refractivity contribution in [2.45, 2.75) is 32.2 Å². The van der Waals surface area contributed by atoms with Crippen molar-refractivity contribution in [1.29, 1.82) is 0 Å². The summed E-state index contributed by atoms with van der Waals surface area (Å²) >= 11 is 1.48. The Morgan fingerprint density at radius 3 is 2.33 bits per heavy atom. The van der Waals surface area contributed by atoms with Crippen LogP contribution in [0.3, 0.4) is 0 Å². The number of nitrogens with one attached hydrogen (secondary N) is 1. The molecule has 1 heterocycles. The molecule has 0 aliphatic carbocycles. The van der Waals surface area contributed by atoms with E-state index in [1.54, 1.807) is 39.3 Å². The number of methoxy groups -OCH3 is 1. The van der Waals surface area contributed by atoms with Crippen molar-refractivity contribution in [1.82, 2.24) is 9.71 Å². The van der Waals surface area contributed by atoms with E-state index in [4.69, 9.17) is 4.74 Å². The molecule has 0 aliphatic heterocycles. The average Bonchev–Trinajstić information content (AvgIpc) is 2.81. The van der Waals surface area contributed by atoms with Crippen LogP contribution in [0.2, 0.25) is 0 Å². The van der Waals surface area contributed by atoms with Crippen molar-refractivity contribution >= 4 is 21.4 Å². The fourth-order valence-electron chi connectivity index (χ4n) is 2.16. The van der Waals surface area contributed by atoms with Crippen LogP contribution >= 0.6 is 11.3 Å². The minimum absolute atomic E-state index is 0.200. The zero-order valence-corrected chi connectivity index (χ0v) is 14.1. The molecule has 0 atom stereocenters. The molecular weight excluding hydrogens is 308 g/mol. The average molecular weight is 326 g/mol. The van der Waals surface area contributed by atoms with Crippen molar-refractivity contribution in [2.75, 3.05) is 7.11 Å². The van der Waals surface area contributed by atoms with E-state index >= 15 is 0 Å². The largest absolute Gasteiger partial charge is 0.497 e. The number of benzene rings is 1. The molecule has 0 aliphatic rings. The monoisotopic (exact) mass is 326 g/mol. The zero-order chi connectivity index (χ0) is 15.6. The molecule has 0 spiro atoms. The highest BCUT2D eigenvalue weighted by Gasteiger charge is 2.20. The van der Waals surface area contributed by atoms with Crippen molar-refractivity contribution in [3.8, 4) is 5.75 Å². The Balaban J connectivity index is 2.27. The highest BCUT2D eigenvalue weighted by molar-refractivity contribution is 7.89. The van der Waals surface area contributed by atoms with Gasteiger partial charge in [0, 0.05) is 11.1 Å². The van der Waals surface area contributed by atoms with Crippen LogP contribution in [0.15, 0.2) is 23.2 Å². The molecule has 114 valence electrons. The van der Waals surface area contributed by atoms with E-state index in [1.807, 2.05) is 6.92 Å². The van der Waals surface area contributed by atoms with Gasteiger partial charge in [-0.1, -0.05) is 0 Å². The Morgan fingerprint density at radius 1 is 1.24 bits per heavy atom. The van der Waals surface area contributed by atoms with E-state index in [9.17, 15) is 8.42 Å². The molecule has 1 aromatic carbocycles. The third-order valence-corrected chi connectivity index (χ3v) is 5.64. The lowest BCUT2D eigenvalue weighted by Gasteiger charge is -2.13. The van der Waals surface area contributed by atoms with Crippen LogP contribution in [0, 0.1) is 20.8 Å². The van der Waals surface area contributed by atoms with Crippen LogP contribution in [0.25, 0.3) is 0 Å². The first-order valence-corrected chi connectivity index (χ1v) is 8.69. The van der Waals surface area contributed by atoms with Crippen molar-refractivity contribution < 1.29 is 13.2 Å². The van der Waals surface area contributed by atoms with Crippen LogP contribution in [0.4, 0.5) is 0 Å². The molecule has 0 fully saturated rings. The van der Waals surface area contributed by atoms with Crippen LogP contribution in [-0.4, -0.2) is 20.5 Å². The summed E-state index contributed by atoms with van der Waals surface area (Å²) in [4.78, 5) is 5.52. The molecule has 0 radical (unpaired) electrons. The molecule has 2 rings (SSSR count). The number of ether oxygens (including phenoxy) is 1. The molecule has 21 heavy (non-hydrogen) atoms. The van der Waals surface area contributed by atoms with Gasteiger partial charge in [-0.05, 0) is 44.0 Å². The molecule has 0 saturated carbocycles. The summed E-state index contributed by atoms with van der Waals surface area (Å²) in [6.07, 6.45) is 1.73. The first kappa shape index (κ1) is 15.9. The predicted molar refractivity (Wildman–Crippen MR) is 83.3 cm³/mol. The quantitative estimate of drug-likeness (QED) is 0.917. The van der Waals surface area contributed by atoms with Gasteiger partial charge in [-0.15, -0.1) is 11.3 Å². The summed E-state index contributed by atoms with van der Waals surface area (Å²) in [6, 6.07) is 3.43. The molecule has 5 nitrogen and oxygen atoms in total. The van der Waals surface area contributed by atoms with Gasteiger partial charge in [-0.3, -0.25) is 0 Å². The van der Waals surface area contributed by atoms with E-state index < -0.39 is 10.0 Å². The van der Waals surface area contributed by atoms with Gasteiger partial charge in [0.15, 0.2) is 0 Å². The van der Waals surface area contributed by atoms with Gasteiger partial charge in [0.25, 0.3) is 0 Å². The number of hydrogen-bond acceptors (Lipinski definition) is 5. The second-order valence-electron chi connectivity index (χ2n) is 4.78. The van der Waals surface area contributed by atoms with Crippen molar-refractivity contribution in [3.63, 3.8) is 0 Å². The molecule has 2 aromatic rings. The second-order valence-corrected chi connectivity index (χ2v) is 7.80. The van der Waals surface area contributed by atoms with E-state index in [0.29, 0.717) is 21.8 Å². The predicted octanol–water partition coefficient (Wildman–Crippen LogP) is 2.56. The normalized spacial score (nSPS) is 11.6. The minimum Gasteiger partial charge on any atom is -0.497 e. The molecule has 7 heteroatoms. The van der Waals surface area contributed by atoms with Crippen LogP contribution in [-0.2, 0) is 16.6 Å².